The van der Waals surface area contributed by atoms with Gasteiger partial charge in [-0.2, -0.15) is 13.2 Å². The average Bonchev–Trinajstić information content (AvgIpc) is 2.62. The minimum atomic E-state index is -4.56. The van der Waals surface area contributed by atoms with E-state index in [1.165, 1.54) is 18.2 Å². The van der Waals surface area contributed by atoms with Crippen LogP contribution < -0.4 is 10.2 Å². The van der Waals surface area contributed by atoms with Crippen LogP contribution in [0.1, 0.15) is 22.3 Å². The maximum atomic E-state index is 14.0. The largest absolute Gasteiger partial charge is 0.416 e. The van der Waals surface area contributed by atoms with Crippen molar-refractivity contribution >= 4 is 39.9 Å². The smallest absolute Gasteiger partial charge is 0.373 e. The number of rotatable bonds is 7. The summed E-state index contributed by atoms with van der Waals surface area (Å²) in [5.41, 5.74) is -0.705. The molecular formula is C20H22F4IN3O. The predicted octanol–water partition coefficient (Wildman–Crippen LogP) is 5.09. The molecule has 0 radical (unpaired) electrons. The van der Waals surface area contributed by atoms with Gasteiger partial charge < -0.3 is 15.1 Å². The van der Waals surface area contributed by atoms with Crippen molar-refractivity contribution in [1.82, 2.24) is 4.90 Å². The van der Waals surface area contributed by atoms with Gasteiger partial charge in [-0.3, -0.25) is 4.79 Å². The monoisotopic (exact) mass is 523 g/mol. The molecule has 0 atom stereocenters. The van der Waals surface area contributed by atoms with Crippen molar-refractivity contribution in [3.63, 3.8) is 0 Å². The van der Waals surface area contributed by atoms with E-state index in [2.05, 4.69) is 5.32 Å². The van der Waals surface area contributed by atoms with E-state index in [0.29, 0.717) is 15.8 Å². The quantitative estimate of drug-likeness (QED) is 0.406. The number of hydrogen-bond acceptors (Lipinski definition) is 3. The first-order valence-electron chi connectivity index (χ1n) is 8.82. The van der Waals surface area contributed by atoms with Crippen LogP contribution in [0.15, 0.2) is 36.4 Å². The molecule has 0 bridgehead atoms. The number of halogens is 5. The van der Waals surface area contributed by atoms with E-state index < -0.39 is 23.5 Å². The molecule has 0 fully saturated rings. The number of benzene rings is 2. The summed E-state index contributed by atoms with van der Waals surface area (Å²) in [6.45, 7) is 1.38. The summed E-state index contributed by atoms with van der Waals surface area (Å²) in [6, 6.07) is 7.16. The zero-order chi connectivity index (χ0) is 21.8. The molecule has 2 aromatic carbocycles. The lowest BCUT2D eigenvalue weighted by atomic mass is 10.1. The van der Waals surface area contributed by atoms with Gasteiger partial charge in [0, 0.05) is 17.2 Å². The van der Waals surface area contributed by atoms with Crippen molar-refractivity contribution in [3.8, 4) is 0 Å². The first kappa shape index (κ1) is 23.4. The van der Waals surface area contributed by atoms with E-state index >= 15 is 0 Å². The number of hydrogen-bond donors (Lipinski definition) is 1. The van der Waals surface area contributed by atoms with Gasteiger partial charge in [0.25, 0.3) is 5.91 Å². The van der Waals surface area contributed by atoms with E-state index in [1.54, 1.807) is 11.9 Å². The second-order valence-electron chi connectivity index (χ2n) is 6.89. The topological polar surface area (TPSA) is 35.6 Å². The number of carbonyl (C=O) groups is 1. The minimum Gasteiger partial charge on any atom is -0.373 e. The molecule has 1 amide bonds. The van der Waals surface area contributed by atoms with Crippen molar-refractivity contribution in [3.05, 3.63) is 56.9 Å². The molecule has 4 nitrogen and oxygen atoms in total. The SMILES string of the molecule is CN(C)CCCN(C)c1ccc(C(F)(F)F)cc1NC(=O)c1cc(I)ccc1F. The second-order valence-corrected chi connectivity index (χ2v) is 8.13. The van der Waals surface area contributed by atoms with Crippen LogP contribution in [0.25, 0.3) is 0 Å². The van der Waals surface area contributed by atoms with Crippen LogP contribution in [0.3, 0.4) is 0 Å². The molecule has 0 aliphatic rings. The van der Waals surface area contributed by atoms with Crippen molar-refractivity contribution in [2.24, 2.45) is 0 Å². The van der Waals surface area contributed by atoms with Gasteiger partial charge in [0.2, 0.25) is 0 Å². The van der Waals surface area contributed by atoms with Crippen LogP contribution >= 0.6 is 22.6 Å². The van der Waals surface area contributed by atoms with Gasteiger partial charge in [-0.05, 0) is 86.0 Å². The summed E-state index contributed by atoms with van der Waals surface area (Å²) < 4.78 is 54.2. The Morgan fingerprint density at radius 2 is 1.76 bits per heavy atom. The molecule has 0 saturated heterocycles. The van der Waals surface area contributed by atoms with Crippen molar-refractivity contribution < 1.29 is 22.4 Å². The Morgan fingerprint density at radius 3 is 2.38 bits per heavy atom. The molecule has 1 N–H and O–H groups in total. The summed E-state index contributed by atoms with van der Waals surface area (Å²) in [5, 5.41) is 2.45. The number of amides is 1. The molecule has 0 spiro atoms. The van der Waals surface area contributed by atoms with Gasteiger partial charge in [0.05, 0.1) is 22.5 Å². The van der Waals surface area contributed by atoms with Crippen molar-refractivity contribution in [2.75, 3.05) is 44.4 Å². The van der Waals surface area contributed by atoms with Crippen LogP contribution in [0, 0.1) is 9.39 Å². The van der Waals surface area contributed by atoms with E-state index in [0.717, 1.165) is 31.2 Å². The van der Waals surface area contributed by atoms with Crippen LogP contribution in [0.2, 0.25) is 0 Å². The Hall–Kier alpha value is -1.88. The number of alkyl halides is 3. The maximum absolute atomic E-state index is 14.0. The molecule has 0 heterocycles. The standard InChI is InChI=1S/C20H22F4IN3O/c1-27(2)9-4-10-28(3)18-8-5-13(20(22,23)24)11-17(18)26-19(29)15-12-14(25)6-7-16(15)21/h5-8,11-12H,4,9-10H2,1-3H3,(H,26,29). The molecule has 0 aliphatic carbocycles. The number of anilines is 2. The Balaban J connectivity index is 2.35. The Kier molecular flexibility index (Phi) is 7.87. The van der Waals surface area contributed by atoms with E-state index in [-0.39, 0.29) is 11.3 Å². The number of nitrogens with zero attached hydrogens (tertiary/aromatic N) is 2. The average molecular weight is 523 g/mol. The fourth-order valence-electron chi connectivity index (χ4n) is 2.75. The van der Waals surface area contributed by atoms with Gasteiger partial charge in [0.1, 0.15) is 5.82 Å². The highest BCUT2D eigenvalue weighted by Crippen LogP contribution is 2.35. The molecule has 2 rings (SSSR count). The highest BCUT2D eigenvalue weighted by molar-refractivity contribution is 14.1. The summed E-state index contributed by atoms with van der Waals surface area (Å²) in [4.78, 5) is 16.3. The molecule has 2 aromatic rings. The van der Waals surface area contributed by atoms with Crippen LogP contribution in [-0.4, -0.2) is 45.0 Å². The molecule has 158 valence electrons. The summed E-state index contributed by atoms with van der Waals surface area (Å²) >= 11 is 1.93. The molecule has 29 heavy (non-hydrogen) atoms. The lowest BCUT2D eigenvalue weighted by Crippen LogP contribution is -2.25. The third-order valence-corrected chi connectivity index (χ3v) is 4.93. The van der Waals surface area contributed by atoms with Crippen LogP contribution in [0.5, 0.6) is 0 Å². The lowest BCUT2D eigenvalue weighted by molar-refractivity contribution is -0.137. The maximum Gasteiger partial charge on any atom is 0.416 e. The van der Waals surface area contributed by atoms with E-state index in [4.69, 9.17) is 0 Å². The Bertz CT molecular complexity index is 871. The fourth-order valence-corrected chi connectivity index (χ4v) is 3.24. The Labute approximate surface area is 181 Å². The van der Waals surface area contributed by atoms with Gasteiger partial charge in [-0.15, -0.1) is 0 Å². The van der Waals surface area contributed by atoms with E-state index in [9.17, 15) is 22.4 Å². The number of carbonyl (C=O) groups excluding carboxylic acids is 1. The molecular weight excluding hydrogens is 501 g/mol. The summed E-state index contributed by atoms with van der Waals surface area (Å²) in [6.07, 6.45) is -3.78. The van der Waals surface area contributed by atoms with E-state index in [1.807, 2.05) is 41.6 Å². The summed E-state index contributed by atoms with van der Waals surface area (Å²) in [7, 11) is 5.60. The highest BCUT2D eigenvalue weighted by atomic mass is 127. The molecule has 0 saturated carbocycles. The molecule has 9 heteroatoms. The Morgan fingerprint density at radius 1 is 1.07 bits per heavy atom. The zero-order valence-electron chi connectivity index (χ0n) is 16.3. The normalized spacial score (nSPS) is 11.6. The third-order valence-electron chi connectivity index (χ3n) is 4.26. The lowest BCUT2D eigenvalue weighted by Gasteiger charge is -2.24. The van der Waals surface area contributed by atoms with Crippen molar-refractivity contribution in [2.45, 2.75) is 12.6 Å². The molecule has 0 aromatic heterocycles. The predicted molar refractivity (Wildman–Crippen MR) is 115 cm³/mol. The molecule has 0 unspecified atom stereocenters. The zero-order valence-corrected chi connectivity index (χ0v) is 18.4. The van der Waals surface area contributed by atoms with Gasteiger partial charge >= 0.3 is 6.18 Å². The number of nitrogens with one attached hydrogen (secondary N) is 1. The summed E-state index contributed by atoms with van der Waals surface area (Å²) in [5.74, 6) is -1.54. The third kappa shape index (κ3) is 6.56. The second kappa shape index (κ2) is 9.75. The van der Waals surface area contributed by atoms with Crippen LogP contribution in [-0.2, 0) is 6.18 Å². The van der Waals surface area contributed by atoms with Gasteiger partial charge in [-0.25, -0.2) is 4.39 Å². The molecule has 0 aliphatic heterocycles. The fraction of sp³-hybridized carbons (Fsp3) is 0.350. The minimum absolute atomic E-state index is 0.0181. The van der Waals surface area contributed by atoms with Gasteiger partial charge in [-0.1, -0.05) is 0 Å². The first-order valence-corrected chi connectivity index (χ1v) is 9.90. The van der Waals surface area contributed by atoms with Crippen LogP contribution in [0.4, 0.5) is 28.9 Å². The van der Waals surface area contributed by atoms with Crippen molar-refractivity contribution in [1.29, 1.82) is 0 Å². The van der Waals surface area contributed by atoms with Gasteiger partial charge in [0.15, 0.2) is 0 Å². The first-order chi connectivity index (χ1) is 13.5. The highest BCUT2D eigenvalue weighted by Gasteiger charge is 2.31.